The topological polar surface area (TPSA) is 21.8 Å². The molecule has 1 heterocycles. The molecule has 1 aliphatic heterocycles. The second-order valence-electron chi connectivity index (χ2n) is 4.57. The minimum absolute atomic E-state index is 0.250. The summed E-state index contributed by atoms with van der Waals surface area (Å²) in [5.74, 6) is 0.706. The van der Waals surface area contributed by atoms with Gasteiger partial charge in [-0.15, -0.1) is 0 Å². The van der Waals surface area contributed by atoms with Crippen molar-refractivity contribution in [1.82, 2.24) is 0 Å². The zero-order chi connectivity index (χ0) is 11.0. The maximum absolute atomic E-state index is 6.00. The number of ether oxygens (including phenoxy) is 2. The number of rotatable bonds is 5. The lowest BCUT2D eigenvalue weighted by atomic mass is 10.1. The lowest BCUT2D eigenvalue weighted by Crippen LogP contribution is -2.11. The van der Waals surface area contributed by atoms with Gasteiger partial charge in [0.1, 0.15) is 6.10 Å². The van der Waals surface area contributed by atoms with Crippen LogP contribution in [0, 0.1) is 5.92 Å². The summed E-state index contributed by atoms with van der Waals surface area (Å²) >= 11 is 3.60. The van der Waals surface area contributed by atoms with E-state index in [0.29, 0.717) is 12.0 Å². The molecule has 0 spiro atoms. The van der Waals surface area contributed by atoms with Gasteiger partial charge in [-0.25, -0.2) is 0 Å². The minimum Gasteiger partial charge on any atom is -0.371 e. The molecule has 1 saturated carbocycles. The van der Waals surface area contributed by atoms with Crippen LogP contribution in [0.3, 0.4) is 0 Å². The molecule has 1 aromatic rings. The summed E-state index contributed by atoms with van der Waals surface area (Å²) in [6.07, 6.45) is 3.18. The third-order valence-corrected chi connectivity index (χ3v) is 3.85. The van der Waals surface area contributed by atoms with Gasteiger partial charge in [-0.1, -0.05) is 34.1 Å². The first kappa shape index (κ1) is 10.8. The standard InChI is InChI=1S/C13H15BrO2/c14-12-4-2-1-3-11(12)13(9-5-6-9)16-8-10-7-15-10/h1-4,9-10,13H,5-8H2/t10?,13-/m1/s1. The number of hydrogen-bond donors (Lipinski definition) is 0. The molecule has 0 aromatic heterocycles. The fourth-order valence-electron chi connectivity index (χ4n) is 1.96. The van der Waals surface area contributed by atoms with Crippen LogP contribution in [0.2, 0.25) is 0 Å². The molecule has 0 bridgehead atoms. The van der Waals surface area contributed by atoms with Crippen molar-refractivity contribution in [1.29, 1.82) is 0 Å². The molecule has 1 saturated heterocycles. The summed E-state index contributed by atoms with van der Waals surface area (Å²) in [6.45, 7) is 1.61. The van der Waals surface area contributed by atoms with E-state index in [4.69, 9.17) is 9.47 Å². The zero-order valence-corrected chi connectivity index (χ0v) is 10.7. The number of epoxide rings is 1. The van der Waals surface area contributed by atoms with E-state index in [9.17, 15) is 0 Å². The Bertz CT molecular complexity index is 372. The SMILES string of the molecule is Brc1ccccc1[C@H](OCC1CO1)C1CC1. The Morgan fingerprint density at radius 3 is 2.75 bits per heavy atom. The fraction of sp³-hybridized carbons (Fsp3) is 0.538. The minimum atomic E-state index is 0.250. The van der Waals surface area contributed by atoms with Crippen LogP contribution in [-0.2, 0) is 9.47 Å². The van der Waals surface area contributed by atoms with Gasteiger partial charge in [0.05, 0.1) is 19.3 Å². The summed E-state index contributed by atoms with van der Waals surface area (Å²) in [5.41, 5.74) is 1.28. The van der Waals surface area contributed by atoms with Gasteiger partial charge in [0.15, 0.2) is 0 Å². The second-order valence-corrected chi connectivity index (χ2v) is 5.42. The smallest absolute Gasteiger partial charge is 0.104 e. The van der Waals surface area contributed by atoms with Gasteiger partial charge >= 0.3 is 0 Å². The number of halogens is 1. The van der Waals surface area contributed by atoms with Gasteiger partial charge in [-0.2, -0.15) is 0 Å². The third kappa shape index (κ3) is 2.47. The molecule has 2 fully saturated rings. The van der Waals surface area contributed by atoms with Crippen LogP contribution in [0.1, 0.15) is 24.5 Å². The predicted molar refractivity (Wildman–Crippen MR) is 65.3 cm³/mol. The van der Waals surface area contributed by atoms with Gasteiger partial charge < -0.3 is 9.47 Å². The average molecular weight is 283 g/mol. The first-order valence-electron chi connectivity index (χ1n) is 5.82. The Kier molecular flexibility index (Phi) is 3.01. The van der Waals surface area contributed by atoms with E-state index in [2.05, 4.69) is 34.1 Å². The summed E-state index contributed by atoms with van der Waals surface area (Å²) in [5, 5.41) is 0. The third-order valence-electron chi connectivity index (χ3n) is 3.13. The Hall–Kier alpha value is -0.380. The van der Waals surface area contributed by atoms with Crippen molar-refractivity contribution in [2.45, 2.75) is 25.0 Å². The van der Waals surface area contributed by atoms with Gasteiger partial charge in [-0.3, -0.25) is 0 Å². The summed E-state index contributed by atoms with van der Waals surface area (Å²) < 4.78 is 12.3. The van der Waals surface area contributed by atoms with Gasteiger partial charge in [0.25, 0.3) is 0 Å². The van der Waals surface area contributed by atoms with Crippen LogP contribution in [-0.4, -0.2) is 19.3 Å². The Labute approximate surface area is 104 Å². The Morgan fingerprint density at radius 1 is 1.38 bits per heavy atom. The highest BCUT2D eigenvalue weighted by molar-refractivity contribution is 9.10. The van der Waals surface area contributed by atoms with Crippen LogP contribution < -0.4 is 0 Å². The first-order valence-corrected chi connectivity index (χ1v) is 6.61. The maximum atomic E-state index is 6.00. The highest BCUT2D eigenvalue weighted by Crippen LogP contribution is 2.45. The van der Waals surface area contributed by atoms with Crippen LogP contribution in [0.15, 0.2) is 28.7 Å². The van der Waals surface area contributed by atoms with E-state index in [0.717, 1.165) is 17.7 Å². The monoisotopic (exact) mass is 282 g/mol. The zero-order valence-electron chi connectivity index (χ0n) is 9.06. The van der Waals surface area contributed by atoms with Crippen molar-refractivity contribution < 1.29 is 9.47 Å². The van der Waals surface area contributed by atoms with Crippen LogP contribution in [0.25, 0.3) is 0 Å². The molecule has 0 N–H and O–H groups in total. The van der Waals surface area contributed by atoms with Crippen molar-refractivity contribution in [3.05, 3.63) is 34.3 Å². The van der Waals surface area contributed by atoms with Crippen molar-refractivity contribution in [3.63, 3.8) is 0 Å². The molecule has 2 nitrogen and oxygen atoms in total. The van der Waals surface area contributed by atoms with Crippen molar-refractivity contribution in [2.24, 2.45) is 5.92 Å². The van der Waals surface area contributed by atoms with Crippen molar-refractivity contribution in [3.8, 4) is 0 Å². The average Bonchev–Trinajstić information content (AvgIpc) is 3.15. The van der Waals surface area contributed by atoms with Crippen LogP contribution in [0.5, 0.6) is 0 Å². The van der Waals surface area contributed by atoms with E-state index in [1.54, 1.807) is 0 Å². The van der Waals surface area contributed by atoms with E-state index in [1.807, 2.05) is 6.07 Å². The normalized spacial score (nSPS) is 25.4. The Balaban J connectivity index is 1.73. The molecule has 0 amide bonds. The highest BCUT2D eigenvalue weighted by atomic mass is 79.9. The molecule has 2 atom stereocenters. The second kappa shape index (κ2) is 4.47. The summed E-state index contributed by atoms with van der Waals surface area (Å²) in [6, 6.07) is 8.36. The summed E-state index contributed by atoms with van der Waals surface area (Å²) in [7, 11) is 0. The molecular weight excluding hydrogens is 268 g/mol. The molecular formula is C13H15BrO2. The van der Waals surface area contributed by atoms with Gasteiger partial charge in [0.2, 0.25) is 0 Å². The molecule has 1 unspecified atom stereocenters. The summed E-state index contributed by atoms with van der Waals surface area (Å²) in [4.78, 5) is 0. The van der Waals surface area contributed by atoms with Gasteiger partial charge in [0, 0.05) is 4.47 Å². The molecule has 3 heteroatoms. The highest BCUT2D eigenvalue weighted by Gasteiger charge is 2.35. The molecule has 86 valence electrons. The maximum Gasteiger partial charge on any atom is 0.104 e. The van der Waals surface area contributed by atoms with Crippen molar-refractivity contribution >= 4 is 15.9 Å². The fourth-order valence-corrected chi connectivity index (χ4v) is 2.47. The molecule has 3 rings (SSSR count). The van der Waals surface area contributed by atoms with Gasteiger partial charge in [-0.05, 0) is 30.4 Å². The lowest BCUT2D eigenvalue weighted by molar-refractivity contribution is 0.0271. The molecule has 1 aliphatic carbocycles. The van der Waals surface area contributed by atoms with E-state index >= 15 is 0 Å². The predicted octanol–water partition coefficient (Wildman–Crippen LogP) is 3.32. The lowest BCUT2D eigenvalue weighted by Gasteiger charge is -2.18. The van der Waals surface area contributed by atoms with E-state index in [-0.39, 0.29) is 6.10 Å². The van der Waals surface area contributed by atoms with Crippen LogP contribution >= 0.6 is 15.9 Å². The number of benzene rings is 1. The largest absolute Gasteiger partial charge is 0.371 e. The van der Waals surface area contributed by atoms with E-state index < -0.39 is 0 Å². The quantitative estimate of drug-likeness (QED) is 0.773. The Morgan fingerprint density at radius 2 is 2.12 bits per heavy atom. The molecule has 16 heavy (non-hydrogen) atoms. The molecule has 2 aliphatic rings. The number of hydrogen-bond acceptors (Lipinski definition) is 2. The van der Waals surface area contributed by atoms with Crippen molar-refractivity contribution in [2.75, 3.05) is 13.2 Å². The first-order chi connectivity index (χ1) is 7.84. The van der Waals surface area contributed by atoms with E-state index in [1.165, 1.54) is 18.4 Å². The molecule has 0 radical (unpaired) electrons. The molecule has 1 aromatic carbocycles. The van der Waals surface area contributed by atoms with Crippen LogP contribution in [0.4, 0.5) is 0 Å².